The molecular formula is C21H27N. The first-order valence-corrected chi connectivity index (χ1v) is 8.71. The van der Waals surface area contributed by atoms with E-state index < -0.39 is 0 Å². The van der Waals surface area contributed by atoms with Crippen molar-refractivity contribution in [1.82, 2.24) is 5.32 Å². The molecule has 116 valence electrons. The quantitative estimate of drug-likeness (QED) is 0.727. The van der Waals surface area contributed by atoms with Crippen molar-refractivity contribution >= 4 is 0 Å². The second-order valence-corrected chi connectivity index (χ2v) is 6.59. The number of hydrogen-bond acceptors (Lipinski definition) is 1. The zero-order chi connectivity index (χ0) is 15.0. The summed E-state index contributed by atoms with van der Waals surface area (Å²) in [5, 5.41) is 3.60. The molecule has 0 bridgehead atoms. The molecule has 0 spiro atoms. The Kier molecular flexibility index (Phi) is 5.66. The standard InChI is InChI=1S/C21H27N/c1-3-8-19(9-4-1)17-22-15-14-18-10-7-13-21(16-18)20-11-5-2-6-12-20/h1-6,8-9,11-12,18,21-22H,7,10,13-17H2/t18-,21+/m0/s1. The molecule has 3 rings (SSSR count). The summed E-state index contributed by atoms with van der Waals surface area (Å²) in [5.74, 6) is 1.68. The predicted octanol–water partition coefficient (Wildman–Crippen LogP) is 5.14. The van der Waals surface area contributed by atoms with Crippen molar-refractivity contribution in [2.45, 2.75) is 44.6 Å². The van der Waals surface area contributed by atoms with E-state index >= 15 is 0 Å². The van der Waals surface area contributed by atoms with E-state index in [0.29, 0.717) is 0 Å². The molecule has 2 atom stereocenters. The summed E-state index contributed by atoms with van der Waals surface area (Å²) in [5.41, 5.74) is 2.93. The second-order valence-electron chi connectivity index (χ2n) is 6.59. The molecule has 1 nitrogen and oxygen atoms in total. The van der Waals surface area contributed by atoms with Crippen LogP contribution in [0.4, 0.5) is 0 Å². The molecule has 0 aromatic heterocycles. The Hall–Kier alpha value is -1.60. The van der Waals surface area contributed by atoms with Crippen LogP contribution in [0.5, 0.6) is 0 Å². The van der Waals surface area contributed by atoms with Crippen molar-refractivity contribution in [3.05, 3.63) is 71.8 Å². The van der Waals surface area contributed by atoms with E-state index in [0.717, 1.165) is 24.9 Å². The van der Waals surface area contributed by atoms with Gasteiger partial charge in [0.2, 0.25) is 0 Å². The molecule has 22 heavy (non-hydrogen) atoms. The highest BCUT2D eigenvalue weighted by Gasteiger charge is 2.22. The molecule has 0 unspecified atom stereocenters. The first kappa shape index (κ1) is 15.3. The van der Waals surface area contributed by atoms with Gasteiger partial charge in [-0.05, 0) is 48.8 Å². The Bertz CT molecular complexity index is 534. The van der Waals surface area contributed by atoms with Gasteiger partial charge in [-0.25, -0.2) is 0 Å². The number of nitrogens with one attached hydrogen (secondary N) is 1. The maximum absolute atomic E-state index is 3.60. The van der Waals surface area contributed by atoms with Crippen molar-refractivity contribution < 1.29 is 0 Å². The number of hydrogen-bond donors (Lipinski definition) is 1. The fourth-order valence-corrected chi connectivity index (χ4v) is 3.72. The summed E-state index contributed by atoms with van der Waals surface area (Å²) in [6.45, 7) is 2.14. The van der Waals surface area contributed by atoms with Crippen molar-refractivity contribution in [3.8, 4) is 0 Å². The predicted molar refractivity (Wildman–Crippen MR) is 93.9 cm³/mol. The Balaban J connectivity index is 1.41. The van der Waals surface area contributed by atoms with E-state index in [1.807, 2.05) is 0 Å². The van der Waals surface area contributed by atoms with E-state index in [1.54, 1.807) is 5.56 Å². The third-order valence-electron chi connectivity index (χ3n) is 4.96. The fraction of sp³-hybridized carbons (Fsp3) is 0.429. The van der Waals surface area contributed by atoms with Gasteiger partial charge in [-0.3, -0.25) is 0 Å². The molecule has 0 heterocycles. The van der Waals surface area contributed by atoms with E-state index in [-0.39, 0.29) is 0 Å². The van der Waals surface area contributed by atoms with Crippen LogP contribution in [0.15, 0.2) is 60.7 Å². The topological polar surface area (TPSA) is 12.0 Å². The fourth-order valence-electron chi connectivity index (χ4n) is 3.72. The molecule has 1 heteroatoms. The third-order valence-corrected chi connectivity index (χ3v) is 4.96. The molecule has 1 saturated carbocycles. The lowest BCUT2D eigenvalue weighted by atomic mass is 9.77. The SMILES string of the molecule is c1ccc(CNCC[C@@H]2CCC[C@@H](c3ccccc3)C2)cc1. The van der Waals surface area contributed by atoms with Crippen LogP contribution >= 0.6 is 0 Å². The summed E-state index contributed by atoms with van der Waals surface area (Å²) < 4.78 is 0. The van der Waals surface area contributed by atoms with E-state index in [2.05, 4.69) is 66.0 Å². The maximum Gasteiger partial charge on any atom is 0.0205 e. The normalized spacial score (nSPS) is 21.6. The summed E-state index contributed by atoms with van der Waals surface area (Å²) in [6, 6.07) is 21.8. The van der Waals surface area contributed by atoms with Crippen LogP contribution in [0, 0.1) is 5.92 Å². The number of rotatable bonds is 6. The van der Waals surface area contributed by atoms with Gasteiger partial charge in [-0.15, -0.1) is 0 Å². The third kappa shape index (κ3) is 4.45. The van der Waals surface area contributed by atoms with E-state index in [4.69, 9.17) is 0 Å². The van der Waals surface area contributed by atoms with Gasteiger partial charge < -0.3 is 5.32 Å². The molecule has 1 fully saturated rings. The Labute approximate surface area is 134 Å². The molecule has 2 aromatic rings. The van der Waals surface area contributed by atoms with Gasteiger partial charge in [-0.2, -0.15) is 0 Å². The van der Waals surface area contributed by atoms with Gasteiger partial charge in [0.05, 0.1) is 0 Å². The average molecular weight is 293 g/mol. The van der Waals surface area contributed by atoms with Crippen molar-refractivity contribution in [2.24, 2.45) is 5.92 Å². The largest absolute Gasteiger partial charge is 0.313 e. The van der Waals surface area contributed by atoms with Crippen LogP contribution in [-0.4, -0.2) is 6.54 Å². The molecular weight excluding hydrogens is 266 g/mol. The Morgan fingerprint density at radius 3 is 2.36 bits per heavy atom. The maximum atomic E-state index is 3.60. The van der Waals surface area contributed by atoms with E-state index in [1.165, 1.54) is 37.7 Å². The monoisotopic (exact) mass is 293 g/mol. The molecule has 1 aliphatic carbocycles. The minimum atomic E-state index is 0.786. The highest BCUT2D eigenvalue weighted by Crippen LogP contribution is 2.37. The minimum absolute atomic E-state index is 0.786. The van der Waals surface area contributed by atoms with Crippen LogP contribution in [0.1, 0.15) is 49.1 Å². The van der Waals surface area contributed by atoms with Crippen LogP contribution in [0.25, 0.3) is 0 Å². The average Bonchev–Trinajstić information content (AvgIpc) is 2.61. The number of benzene rings is 2. The van der Waals surface area contributed by atoms with Gasteiger partial charge in [0, 0.05) is 6.54 Å². The Morgan fingerprint density at radius 2 is 1.59 bits per heavy atom. The molecule has 1 N–H and O–H groups in total. The molecule has 0 saturated heterocycles. The molecule has 2 aromatic carbocycles. The van der Waals surface area contributed by atoms with Gasteiger partial charge in [0.1, 0.15) is 0 Å². The summed E-state index contributed by atoms with van der Waals surface area (Å²) in [6.07, 6.45) is 6.87. The molecule has 1 aliphatic rings. The molecule has 0 amide bonds. The first-order chi connectivity index (χ1) is 10.9. The summed E-state index contributed by atoms with van der Waals surface area (Å²) in [7, 11) is 0. The molecule has 0 aliphatic heterocycles. The molecule has 0 radical (unpaired) electrons. The van der Waals surface area contributed by atoms with Gasteiger partial charge in [-0.1, -0.05) is 73.5 Å². The van der Waals surface area contributed by atoms with E-state index in [9.17, 15) is 0 Å². The smallest absolute Gasteiger partial charge is 0.0205 e. The zero-order valence-electron chi connectivity index (χ0n) is 13.4. The highest BCUT2D eigenvalue weighted by molar-refractivity contribution is 5.20. The van der Waals surface area contributed by atoms with Crippen LogP contribution in [-0.2, 0) is 6.54 Å². The van der Waals surface area contributed by atoms with Gasteiger partial charge >= 0.3 is 0 Å². The lowest BCUT2D eigenvalue weighted by Crippen LogP contribution is -2.21. The van der Waals surface area contributed by atoms with Crippen LogP contribution in [0.3, 0.4) is 0 Å². The van der Waals surface area contributed by atoms with Gasteiger partial charge in [0.25, 0.3) is 0 Å². The van der Waals surface area contributed by atoms with Crippen LogP contribution in [0.2, 0.25) is 0 Å². The van der Waals surface area contributed by atoms with Gasteiger partial charge in [0.15, 0.2) is 0 Å². The van der Waals surface area contributed by atoms with Crippen molar-refractivity contribution in [2.75, 3.05) is 6.54 Å². The van der Waals surface area contributed by atoms with Crippen molar-refractivity contribution in [3.63, 3.8) is 0 Å². The Morgan fingerprint density at radius 1 is 0.864 bits per heavy atom. The lowest BCUT2D eigenvalue weighted by Gasteiger charge is -2.29. The second kappa shape index (κ2) is 8.14. The highest BCUT2D eigenvalue weighted by atomic mass is 14.8. The summed E-state index contributed by atoms with van der Waals surface area (Å²) >= 11 is 0. The summed E-state index contributed by atoms with van der Waals surface area (Å²) in [4.78, 5) is 0. The zero-order valence-corrected chi connectivity index (χ0v) is 13.4. The first-order valence-electron chi connectivity index (χ1n) is 8.71. The van der Waals surface area contributed by atoms with Crippen molar-refractivity contribution in [1.29, 1.82) is 0 Å². The van der Waals surface area contributed by atoms with Crippen LogP contribution < -0.4 is 5.32 Å². The lowest BCUT2D eigenvalue weighted by molar-refractivity contribution is 0.302. The minimum Gasteiger partial charge on any atom is -0.313 e.